The van der Waals surface area contributed by atoms with Gasteiger partial charge in [0.25, 0.3) is 5.91 Å². The lowest BCUT2D eigenvalue weighted by molar-refractivity contribution is 0.0954. The van der Waals surface area contributed by atoms with Crippen LogP contribution in [0.5, 0.6) is 11.5 Å². The Hall–Kier alpha value is -2.52. The van der Waals surface area contributed by atoms with Crippen LogP contribution in [-0.2, 0) is 6.42 Å². The molecule has 0 aliphatic carbocycles. The number of hydrogen-bond acceptors (Lipinski definition) is 4. The monoisotopic (exact) mass is 388 g/mol. The normalized spacial score (nSPS) is 9.92. The minimum absolute atomic E-state index is 0.205. The summed E-state index contributed by atoms with van der Waals surface area (Å²) in [6, 6.07) is 12.4. The molecule has 124 valence electrons. The summed E-state index contributed by atoms with van der Waals surface area (Å²) in [5, 5.41) is 11.7. The van der Waals surface area contributed by atoms with Crippen molar-refractivity contribution in [2.45, 2.75) is 6.42 Å². The fraction of sp³-hybridized carbons (Fsp3) is 0.222. The zero-order valence-corrected chi connectivity index (χ0v) is 15.0. The van der Waals surface area contributed by atoms with Gasteiger partial charge in [-0.3, -0.25) is 4.79 Å². The fourth-order valence-electron chi connectivity index (χ4n) is 2.23. The molecule has 0 aliphatic rings. The Kier molecular flexibility index (Phi) is 6.21. The van der Waals surface area contributed by atoms with Gasteiger partial charge in [0.2, 0.25) is 0 Å². The van der Waals surface area contributed by atoms with Crippen molar-refractivity contribution in [3.8, 4) is 17.6 Å². The van der Waals surface area contributed by atoms with Crippen LogP contribution in [0.1, 0.15) is 21.5 Å². The van der Waals surface area contributed by atoms with E-state index in [1.165, 1.54) is 0 Å². The van der Waals surface area contributed by atoms with Gasteiger partial charge in [0.1, 0.15) is 0 Å². The number of hydrogen-bond donors (Lipinski definition) is 1. The van der Waals surface area contributed by atoms with Crippen molar-refractivity contribution in [1.82, 2.24) is 5.32 Å². The Balaban J connectivity index is 2.01. The largest absolute Gasteiger partial charge is 0.493 e. The van der Waals surface area contributed by atoms with Crippen molar-refractivity contribution >= 4 is 21.8 Å². The molecule has 6 heteroatoms. The minimum Gasteiger partial charge on any atom is -0.493 e. The third kappa shape index (κ3) is 4.27. The number of nitrogens with zero attached hydrogens (tertiary/aromatic N) is 1. The average molecular weight is 389 g/mol. The van der Waals surface area contributed by atoms with E-state index in [0.29, 0.717) is 35.6 Å². The predicted octanol–water partition coefficient (Wildman–Crippen LogP) is 3.31. The standard InChI is InChI=1S/C18H17BrN2O3/c1-23-16-9-13(15(19)10-17(16)24-2)6-7-21-18(22)14-5-3-4-12(8-14)11-20/h3-5,8-10H,6-7H2,1-2H3,(H,21,22). The van der Waals surface area contributed by atoms with E-state index in [2.05, 4.69) is 21.2 Å². The van der Waals surface area contributed by atoms with E-state index in [1.54, 1.807) is 38.5 Å². The zero-order valence-electron chi connectivity index (χ0n) is 13.4. The van der Waals surface area contributed by atoms with E-state index in [1.807, 2.05) is 18.2 Å². The third-order valence-electron chi connectivity index (χ3n) is 3.49. The van der Waals surface area contributed by atoms with Crippen LogP contribution >= 0.6 is 15.9 Å². The number of methoxy groups -OCH3 is 2. The van der Waals surface area contributed by atoms with Crippen LogP contribution in [0.2, 0.25) is 0 Å². The summed E-state index contributed by atoms with van der Waals surface area (Å²) >= 11 is 3.50. The second-order valence-electron chi connectivity index (χ2n) is 5.00. The molecule has 24 heavy (non-hydrogen) atoms. The highest BCUT2D eigenvalue weighted by Gasteiger charge is 2.11. The molecular formula is C18H17BrN2O3. The molecule has 0 unspecified atom stereocenters. The van der Waals surface area contributed by atoms with Gasteiger partial charge in [-0.1, -0.05) is 22.0 Å². The van der Waals surface area contributed by atoms with Crippen LogP contribution in [-0.4, -0.2) is 26.7 Å². The van der Waals surface area contributed by atoms with E-state index in [4.69, 9.17) is 14.7 Å². The van der Waals surface area contributed by atoms with Gasteiger partial charge >= 0.3 is 0 Å². The zero-order chi connectivity index (χ0) is 17.5. The predicted molar refractivity (Wildman–Crippen MR) is 94.4 cm³/mol. The van der Waals surface area contributed by atoms with Crippen LogP contribution in [0.25, 0.3) is 0 Å². The van der Waals surface area contributed by atoms with Gasteiger partial charge in [-0.2, -0.15) is 5.26 Å². The highest BCUT2D eigenvalue weighted by Crippen LogP contribution is 2.33. The molecule has 0 radical (unpaired) electrons. The maximum atomic E-state index is 12.1. The fourth-order valence-corrected chi connectivity index (χ4v) is 2.75. The second kappa shape index (κ2) is 8.37. The molecule has 0 atom stereocenters. The second-order valence-corrected chi connectivity index (χ2v) is 5.85. The molecule has 0 aromatic heterocycles. The molecule has 1 amide bonds. The lowest BCUT2D eigenvalue weighted by atomic mass is 10.1. The molecule has 0 saturated heterocycles. The van der Waals surface area contributed by atoms with Crippen LogP contribution < -0.4 is 14.8 Å². The summed E-state index contributed by atoms with van der Waals surface area (Å²) in [7, 11) is 3.17. The van der Waals surface area contributed by atoms with Crippen LogP contribution in [0.4, 0.5) is 0 Å². The topological polar surface area (TPSA) is 71.3 Å². The Labute approximate surface area is 149 Å². The molecule has 0 spiro atoms. The molecule has 0 heterocycles. The van der Waals surface area contributed by atoms with Crippen molar-refractivity contribution in [1.29, 1.82) is 5.26 Å². The third-order valence-corrected chi connectivity index (χ3v) is 4.22. The van der Waals surface area contributed by atoms with Crippen molar-refractivity contribution in [3.05, 3.63) is 57.6 Å². The van der Waals surface area contributed by atoms with Crippen molar-refractivity contribution < 1.29 is 14.3 Å². The number of nitrogens with one attached hydrogen (secondary N) is 1. The molecule has 2 rings (SSSR count). The number of halogens is 1. The number of carbonyl (C=O) groups is 1. The Bertz CT molecular complexity index is 784. The lowest BCUT2D eigenvalue weighted by Gasteiger charge is -2.12. The summed E-state index contributed by atoms with van der Waals surface area (Å²) in [6.45, 7) is 0.462. The Morgan fingerprint density at radius 1 is 1.21 bits per heavy atom. The average Bonchev–Trinajstić information content (AvgIpc) is 2.62. The number of nitriles is 1. The number of benzene rings is 2. The number of carbonyl (C=O) groups excluding carboxylic acids is 1. The number of amides is 1. The summed E-state index contributed by atoms with van der Waals surface area (Å²) in [5.41, 5.74) is 1.93. The SMILES string of the molecule is COc1cc(Br)c(CCNC(=O)c2cccc(C#N)c2)cc1OC. The van der Waals surface area contributed by atoms with E-state index in [0.717, 1.165) is 10.0 Å². The van der Waals surface area contributed by atoms with E-state index >= 15 is 0 Å². The van der Waals surface area contributed by atoms with Gasteiger partial charge in [0.15, 0.2) is 11.5 Å². The van der Waals surface area contributed by atoms with E-state index in [9.17, 15) is 4.79 Å². The molecule has 0 aliphatic heterocycles. The molecule has 0 saturated carbocycles. The maximum Gasteiger partial charge on any atom is 0.251 e. The Morgan fingerprint density at radius 3 is 2.58 bits per heavy atom. The van der Waals surface area contributed by atoms with Crippen molar-refractivity contribution in [3.63, 3.8) is 0 Å². The molecule has 1 N–H and O–H groups in total. The van der Waals surface area contributed by atoms with Crippen molar-refractivity contribution in [2.24, 2.45) is 0 Å². The first kappa shape index (κ1) is 17.8. The quantitative estimate of drug-likeness (QED) is 0.823. The van der Waals surface area contributed by atoms with Crippen LogP contribution in [0, 0.1) is 11.3 Å². The molecule has 2 aromatic rings. The highest BCUT2D eigenvalue weighted by molar-refractivity contribution is 9.10. The summed E-state index contributed by atoms with van der Waals surface area (Å²) in [6.07, 6.45) is 0.630. The minimum atomic E-state index is -0.205. The summed E-state index contributed by atoms with van der Waals surface area (Å²) in [5.74, 6) is 1.08. The molecule has 2 aromatic carbocycles. The first-order valence-electron chi connectivity index (χ1n) is 7.27. The Morgan fingerprint density at radius 2 is 1.92 bits per heavy atom. The van der Waals surface area contributed by atoms with Gasteiger partial charge in [0, 0.05) is 16.6 Å². The first-order chi connectivity index (χ1) is 11.6. The number of rotatable bonds is 6. The molecular weight excluding hydrogens is 372 g/mol. The lowest BCUT2D eigenvalue weighted by Crippen LogP contribution is -2.25. The first-order valence-corrected chi connectivity index (χ1v) is 8.07. The molecule has 5 nitrogen and oxygen atoms in total. The summed E-state index contributed by atoms with van der Waals surface area (Å²) < 4.78 is 11.4. The maximum absolute atomic E-state index is 12.1. The summed E-state index contributed by atoms with van der Waals surface area (Å²) in [4.78, 5) is 12.1. The van der Waals surface area contributed by atoms with Gasteiger partial charge in [-0.15, -0.1) is 0 Å². The van der Waals surface area contributed by atoms with E-state index < -0.39 is 0 Å². The van der Waals surface area contributed by atoms with Gasteiger partial charge in [-0.05, 0) is 42.3 Å². The van der Waals surface area contributed by atoms with Gasteiger partial charge < -0.3 is 14.8 Å². The molecule has 0 bridgehead atoms. The van der Waals surface area contributed by atoms with Gasteiger partial charge in [-0.25, -0.2) is 0 Å². The van der Waals surface area contributed by atoms with Crippen LogP contribution in [0.3, 0.4) is 0 Å². The smallest absolute Gasteiger partial charge is 0.251 e. The number of ether oxygens (including phenoxy) is 2. The van der Waals surface area contributed by atoms with Gasteiger partial charge in [0.05, 0.1) is 25.9 Å². The highest BCUT2D eigenvalue weighted by atomic mass is 79.9. The van der Waals surface area contributed by atoms with E-state index in [-0.39, 0.29) is 5.91 Å². The van der Waals surface area contributed by atoms with Crippen molar-refractivity contribution in [2.75, 3.05) is 20.8 Å². The molecule has 0 fully saturated rings. The van der Waals surface area contributed by atoms with Crippen LogP contribution in [0.15, 0.2) is 40.9 Å².